The molecule has 3 heterocycles. The lowest BCUT2D eigenvalue weighted by molar-refractivity contribution is -0.139. The molecule has 0 spiro atoms. The van der Waals surface area contributed by atoms with Crippen LogP contribution in [0, 0.1) is 33.5 Å². The van der Waals surface area contributed by atoms with E-state index in [-0.39, 0.29) is 23.6 Å². The normalized spacial score (nSPS) is 21.7. The van der Waals surface area contributed by atoms with Gasteiger partial charge in [-0.25, -0.2) is 4.98 Å². The third-order valence-electron chi connectivity index (χ3n) is 9.72. The number of likely N-dealkylation sites (tertiary alicyclic amines) is 2. The van der Waals surface area contributed by atoms with Gasteiger partial charge in [0.2, 0.25) is 29.5 Å². The minimum atomic E-state index is -0.948. The number of nitriles is 2. The summed E-state index contributed by atoms with van der Waals surface area (Å²) in [7, 11) is 0. The van der Waals surface area contributed by atoms with Crippen molar-refractivity contribution >= 4 is 35.0 Å². The van der Waals surface area contributed by atoms with Gasteiger partial charge in [-0.3, -0.25) is 19.2 Å². The number of nitrogens with one attached hydrogen (secondary N) is 2. The van der Waals surface area contributed by atoms with Crippen LogP contribution in [0.3, 0.4) is 0 Å². The molecule has 2 N–H and O–H groups in total. The number of aromatic nitrogens is 1. The molecule has 12 nitrogen and oxygen atoms in total. The number of carbonyl (C=O) groups is 4. The van der Waals surface area contributed by atoms with Crippen LogP contribution >= 0.6 is 0 Å². The fourth-order valence-corrected chi connectivity index (χ4v) is 6.52. The number of amides is 4. The molecular formula is C35H33N7O5. The van der Waals surface area contributed by atoms with E-state index in [0.717, 1.165) is 18.4 Å². The molecule has 2 saturated carbocycles. The minimum Gasteiger partial charge on any atom is -0.436 e. The topological polar surface area (TPSA) is 172 Å². The van der Waals surface area contributed by atoms with E-state index in [0.29, 0.717) is 80.2 Å². The fraction of sp³-hybridized carbons (Fsp3) is 0.400. The summed E-state index contributed by atoms with van der Waals surface area (Å²) in [5.41, 5.74) is 0.729. The van der Waals surface area contributed by atoms with E-state index in [2.05, 4.69) is 27.8 Å². The summed E-state index contributed by atoms with van der Waals surface area (Å²) in [6.45, 7) is 0.964. The van der Waals surface area contributed by atoms with Crippen LogP contribution in [0.1, 0.15) is 51.4 Å². The van der Waals surface area contributed by atoms with Crippen molar-refractivity contribution in [2.75, 3.05) is 23.7 Å². The Labute approximate surface area is 271 Å². The average Bonchev–Trinajstić information content (AvgIpc) is 3.84. The standard InChI is InChI=1S/C35H33N7O5/c36-20-34(13-14-34)32(45)41-17-1-3-26(41)29(43)39-24-9-5-22(6-10-24)28-19-38-31(47-28)23-7-11-25(12-8-23)40-30(44)27-4-2-18-42(27)33(46)35(21-37)15-16-35/h5-12,19,26-27H,1-4,13-18H2,(H,39,43)(H,40,44). The second-order valence-corrected chi connectivity index (χ2v) is 12.9. The molecular weight excluding hydrogens is 598 g/mol. The van der Waals surface area contributed by atoms with Gasteiger partial charge in [-0.1, -0.05) is 0 Å². The van der Waals surface area contributed by atoms with Crippen molar-refractivity contribution in [3.63, 3.8) is 0 Å². The monoisotopic (exact) mass is 631 g/mol. The number of oxazole rings is 1. The molecule has 2 atom stereocenters. The van der Waals surface area contributed by atoms with Gasteiger partial charge < -0.3 is 24.9 Å². The van der Waals surface area contributed by atoms with Crippen LogP contribution in [0.5, 0.6) is 0 Å². The second kappa shape index (κ2) is 11.7. The predicted molar refractivity (Wildman–Crippen MR) is 169 cm³/mol. The molecule has 3 aromatic rings. The third-order valence-corrected chi connectivity index (χ3v) is 9.72. The van der Waals surface area contributed by atoms with Crippen LogP contribution in [0.2, 0.25) is 0 Å². The predicted octanol–water partition coefficient (Wildman–Crippen LogP) is 4.48. The molecule has 12 heteroatoms. The van der Waals surface area contributed by atoms with E-state index < -0.39 is 22.9 Å². The number of hydrogen-bond donors (Lipinski definition) is 2. The van der Waals surface area contributed by atoms with Gasteiger partial charge in [0.1, 0.15) is 22.9 Å². The van der Waals surface area contributed by atoms with Crippen LogP contribution in [0.4, 0.5) is 11.4 Å². The van der Waals surface area contributed by atoms with Crippen LogP contribution in [-0.4, -0.2) is 63.6 Å². The van der Waals surface area contributed by atoms with Crippen molar-refractivity contribution < 1.29 is 23.6 Å². The smallest absolute Gasteiger partial charge is 0.247 e. The summed E-state index contributed by atoms with van der Waals surface area (Å²) in [6, 6.07) is 17.3. The largest absolute Gasteiger partial charge is 0.436 e. The zero-order valence-corrected chi connectivity index (χ0v) is 25.7. The van der Waals surface area contributed by atoms with Crippen molar-refractivity contribution in [2.24, 2.45) is 10.8 Å². The molecule has 4 amide bonds. The van der Waals surface area contributed by atoms with E-state index in [4.69, 9.17) is 4.42 Å². The molecule has 2 saturated heterocycles. The van der Waals surface area contributed by atoms with E-state index in [1.807, 2.05) is 12.1 Å². The summed E-state index contributed by atoms with van der Waals surface area (Å²) in [4.78, 5) is 59.4. The molecule has 2 aliphatic heterocycles. The number of anilines is 2. The summed E-state index contributed by atoms with van der Waals surface area (Å²) < 4.78 is 6.01. The Bertz CT molecular complexity index is 1690. The van der Waals surface area contributed by atoms with Crippen molar-refractivity contribution in [1.29, 1.82) is 10.5 Å². The van der Waals surface area contributed by atoms with Crippen LogP contribution in [-0.2, 0) is 19.2 Å². The number of hydrogen-bond acceptors (Lipinski definition) is 8. The van der Waals surface area contributed by atoms with Crippen molar-refractivity contribution in [3.05, 3.63) is 54.7 Å². The molecule has 2 aliphatic carbocycles. The summed E-state index contributed by atoms with van der Waals surface area (Å²) >= 11 is 0. The Balaban J connectivity index is 0.953. The van der Waals surface area contributed by atoms with Gasteiger partial charge in [-0.15, -0.1) is 0 Å². The highest BCUT2D eigenvalue weighted by Crippen LogP contribution is 2.48. The zero-order valence-electron chi connectivity index (χ0n) is 25.7. The Kier molecular flexibility index (Phi) is 7.51. The first-order chi connectivity index (χ1) is 22.8. The summed E-state index contributed by atoms with van der Waals surface area (Å²) in [5, 5.41) is 24.6. The second-order valence-electron chi connectivity index (χ2n) is 12.9. The fourth-order valence-electron chi connectivity index (χ4n) is 6.52. The SMILES string of the molecule is N#CC1(C(=O)N2CCCC2C(=O)Nc2ccc(-c3cnc(-c4ccc(NC(=O)C5CCCN5C(=O)C5(C#N)CC5)cc4)o3)cc2)CC1. The molecule has 1 aromatic heterocycles. The minimum absolute atomic E-state index is 0.235. The Morgan fingerprint density at radius 1 is 0.723 bits per heavy atom. The van der Waals surface area contributed by atoms with E-state index in [1.165, 1.54) is 0 Å². The molecule has 0 radical (unpaired) electrons. The molecule has 0 bridgehead atoms. The molecule has 238 valence electrons. The number of rotatable bonds is 8. The molecule has 2 unspecified atom stereocenters. The highest BCUT2D eigenvalue weighted by atomic mass is 16.4. The molecule has 4 aliphatic rings. The molecule has 4 fully saturated rings. The van der Waals surface area contributed by atoms with Gasteiger partial charge >= 0.3 is 0 Å². The Hall–Kier alpha value is -5.49. The highest BCUT2D eigenvalue weighted by Gasteiger charge is 2.55. The summed E-state index contributed by atoms with van der Waals surface area (Å²) in [6.07, 6.45) is 6.40. The molecule has 7 rings (SSSR count). The van der Waals surface area contributed by atoms with E-state index >= 15 is 0 Å². The maximum absolute atomic E-state index is 13.1. The Morgan fingerprint density at radius 3 is 1.60 bits per heavy atom. The lowest BCUT2D eigenvalue weighted by Gasteiger charge is -2.25. The van der Waals surface area contributed by atoms with Gasteiger partial charge in [0.15, 0.2) is 5.76 Å². The average molecular weight is 632 g/mol. The van der Waals surface area contributed by atoms with Gasteiger partial charge in [0.05, 0.1) is 18.3 Å². The number of benzene rings is 2. The van der Waals surface area contributed by atoms with Gasteiger partial charge in [0.25, 0.3) is 0 Å². The number of carbonyl (C=O) groups excluding carboxylic acids is 4. The quantitative estimate of drug-likeness (QED) is 0.366. The zero-order chi connectivity index (χ0) is 32.8. The van der Waals surface area contributed by atoms with E-state index in [9.17, 15) is 29.7 Å². The van der Waals surface area contributed by atoms with Gasteiger partial charge in [0, 0.05) is 35.6 Å². The first kappa shape index (κ1) is 30.2. The lowest BCUT2D eigenvalue weighted by atomic mass is 10.1. The van der Waals surface area contributed by atoms with Crippen LogP contribution in [0.25, 0.3) is 22.8 Å². The Morgan fingerprint density at radius 2 is 1.17 bits per heavy atom. The first-order valence-electron chi connectivity index (χ1n) is 16.0. The maximum Gasteiger partial charge on any atom is 0.247 e. The third kappa shape index (κ3) is 5.61. The van der Waals surface area contributed by atoms with Crippen molar-refractivity contribution in [2.45, 2.75) is 63.5 Å². The van der Waals surface area contributed by atoms with Crippen molar-refractivity contribution in [1.82, 2.24) is 14.8 Å². The summed E-state index contributed by atoms with van der Waals surface area (Å²) in [5.74, 6) is -0.0776. The molecule has 2 aromatic carbocycles. The maximum atomic E-state index is 13.1. The lowest BCUT2D eigenvalue weighted by Crippen LogP contribution is -2.46. The van der Waals surface area contributed by atoms with E-state index in [1.54, 1.807) is 52.4 Å². The van der Waals surface area contributed by atoms with Crippen LogP contribution in [0.15, 0.2) is 59.1 Å². The van der Waals surface area contributed by atoms with Crippen LogP contribution < -0.4 is 10.6 Å². The van der Waals surface area contributed by atoms with Gasteiger partial charge in [-0.05, 0) is 99.9 Å². The number of nitrogens with zero attached hydrogens (tertiary/aromatic N) is 5. The molecule has 47 heavy (non-hydrogen) atoms. The van der Waals surface area contributed by atoms with Crippen molar-refractivity contribution in [3.8, 4) is 34.9 Å². The highest BCUT2D eigenvalue weighted by molar-refractivity contribution is 6.00. The van der Waals surface area contributed by atoms with Gasteiger partial charge in [-0.2, -0.15) is 10.5 Å². The first-order valence-corrected chi connectivity index (χ1v) is 16.0.